The second-order valence-electron chi connectivity index (χ2n) is 8.26. The highest BCUT2D eigenvalue weighted by Crippen LogP contribution is 2.48. The molecule has 162 valence electrons. The van der Waals surface area contributed by atoms with Gasteiger partial charge in [-0.25, -0.2) is 9.47 Å². The molecule has 3 aromatic heterocycles. The number of nitrogens with zero attached hydrogens (tertiary/aromatic N) is 2. The van der Waals surface area contributed by atoms with Crippen molar-refractivity contribution in [1.82, 2.24) is 9.47 Å². The van der Waals surface area contributed by atoms with Crippen LogP contribution >= 0.6 is 11.3 Å². The molecule has 5 nitrogen and oxygen atoms in total. The van der Waals surface area contributed by atoms with Crippen LogP contribution in [0, 0.1) is 0 Å². The van der Waals surface area contributed by atoms with Crippen molar-refractivity contribution in [3.8, 4) is 28.0 Å². The zero-order valence-electron chi connectivity index (χ0n) is 18.3. The number of thiophene rings is 1. The van der Waals surface area contributed by atoms with E-state index in [-0.39, 0.29) is 0 Å². The summed E-state index contributed by atoms with van der Waals surface area (Å²) in [5.74, 6) is 1.35. The number of hydrogen-bond donors (Lipinski definition) is 1. The van der Waals surface area contributed by atoms with Gasteiger partial charge in [0.1, 0.15) is 17.7 Å². The number of quaternary nitrogens is 1. The molecule has 0 amide bonds. The number of fused-ring (bicyclic) bond motifs is 2. The van der Waals surface area contributed by atoms with E-state index in [1.165, 1.54) is 11.3 Å². The standard InChI is InChI=1S/C27H22N3O2S/c1-30(11-9-17-5-3-4-6-22(17)30)23-8-7-18(13-24(23)31-2)21-16-33-26-20(19-10-12-32-15-19)14-29-27(28)25(21)26/h3-16H,1-2H3,(H2,28,29)/q+1. The number of hydrogen-bond acceptors (Lipinski definition) is 5. The summed E-state index contributed by atoms with van der Waals surface area (Å²) in [6, 6.07) is 16.8. The Bertz CT molecular complexity index is 1530. The predicted octanol–water partition coefficient (Wildman–Crippen LogP) is 7.07. The fourth-order valence-electron chi connectivity index (χ4n) is 4.70. The first-order valence-corrected chi connectivity index (χ1v) is 11.5. The molecule has 0 spiro atoms. The van der Waals surface area contributed by atoms with Crippen molar-refractivity contribution in [3.05, 3.63) is 84.4 Å². The number of pyridine rings is 1. The number of nitrogens with two attached hydrogens (primary N) is 1. The molecule has 0 saturated carbocycles. The van der Waals surface area contributed by atoms with E-state index in [9.17, 15) is 0 Å². The Balaban J connectivity index is 1.50. The van der Waals surface area contributed by atoms with Gasteiger partial charge in [0, 0.05) is 56.7 Å². The number of furan rings is 1. The molecule has 0 saturated heterocycles. The smallest absolute Gasteiger partial charge is 0.184 e. The Morgan fingerprint density at radius 2 is 1.91 bits per heavy atom. The lowest BCUT2D eigenvalue weighted by atomic mass is 10.0. The minimum absolute atomic E-state index is 0.520. The zero-order valence-corrected chi connectivity index (χ0v) is 19.1. The average molecular weight is 453 g/mol. The van der Waals surface area contributed by atoms with Crippen LogP contribution in [0.2, 0.25) is 0 Å². The molecule has 2 N–H and O–H groups in total. The summed E-state index contributed by atoms with van der Waals surface area (Å²) in [4.78, 5) is 4.48. The first-order chi connectivity index (χ1) is 16.1. The summed E-state index contributed by atoms with van der Waals surface area (Å²) < 4.78 is 12.8. The molecule has 5 aromatic rings. The van der Waals surface area contributed by atoms with Gasteiger partial charge in [0.05, 0.1) is 26.7 Å². The number of ether oxygens (including phenoxy) is 1. The van der Waals surface area contributed by atoms with E-state index >= 15 is 0 Å². The van der Waals surface area contributed by atoms with Gasteiger partial charge in [0.25, 0.3) is 0 Å². The Hall–Kier alpha value is -3.87. The van der Waals surface area contributed by atoms with Gasteiger partial charge in [-0.05, 0) is 35.2 Å². The number of nitrogen functional groups attached to an aromatic ring is 1. The fraction of sp³-hybridized carbons (Fsp3) is 0.0741. The van der Waals surface area contributed by atoms with Gasteiger partial charge < -0.3 is 14.9 Å². The number of para-hydroxylation sites is 1. The lowest BCUT2D eigenvalue weighted by Gasteiger charge is -2.28. The van der Waals surface area contributed by atoms with Crippen LogP contribution < -0.4 is 15.0 Å². The summed E-state index contributed by atoms with van der Waals surface area (Å²) in [6.07, 6.45) is 9.58. The second-order valence-corrected chi connectivity index (χ2v) is 9.14. The van der Waals surface area contributed by atoms with E-state index in [0.29, 0.717) is 10.3 Å². The lowest BCUT2D eigenvalue weighted by Crippen LogP contribution is -2.31. The minimum Gasteiger partial charge on any atom is -0.491 e. The first kappa shape index (κ1) is 19.8. The zero-order chi connectivity index (χ0) is 22.6. The molecule has 33 heavy (non-hydrogen) atoms. The third-order valence-corrected chi connectivity index (χ3v) is 7.45. The maximum atomic E-state index is 6.36. The fourth-order valence-corrected chi connectivity index (χ4v) is 5.82. The number of benzene rings is 2. The molecule has 1 atom stereocenters. The molecule has 4 heterocycles. The van der Waals surface area contributed by atoms with E-state index in [1.807, 2.05) is 12.3 Å². The summed E-state index contributed by atoms with van der Waals surface area (Å²) >= 11 is 1.66. The molecule has 2 aromatic carbocycles. The normalized spacial score (nSPS) is 16.9. The molecule has 6 rings (SSSR count). The van der Waals surface area contributed by atoms with E-state index in [4.69, 9.17) is 14.9 Å². The lowest BCUT2D eigenvalue weighted by molar-refractivity contribution is 0.405. The monoisotopic (exact) mass is 452 g/mol. The van der Waals surface area contributed by atoms with E-state index < -0.39 is 0 Å². The van der Waals surface area contributed by atoms with Crippen molar-refractivity contribution >= 4 is 44.7 Å². The van der Waals surface area contributed by atoms with Gasteiger partial charge in [0.2, 0.25) is 0 Å². The minimum atomic E-state index is 0.520. The van der Waals surface area contributed by atoms with E-state index in [0.717, 1.165) is 43.8 Å². The van der Waals surface area contributed by atoms with Gasteiger partial charge in [-0.2, -0.15) is 0 Å². The summed E-state index contributed by atoms with van der Waals surface area (Å²) in [7, 11) is 3.90. The Morgan fingerprint density at radius 3 is 2.73 bits per heavy atom. The van der Waals surface area contributed by atoms with Crippen molar-refractivity contribution in [3.63, 3.8) is 0 Å². The van der Waals surface area contributed by atoms with Crippen molar-refractivity contribution in [1.29, 1.82) is 0 Å². The predicted molar refractivity (Wildman–Crippen MR) is 137 cm³/mol. The summed E-state index contributed by atoms with van der Waals surface area (Å²) in [5, 5.41) is 3.10. The Morgan fingerprint density at radius 1 is 1.03 bits per heavy atom. The first-order valence-electron chi connectivity index (χ1n) is 10.6. The van der Waals surface area contributed by atoms with Crippen LogP contribution in [-0.4, -0.2) is 19.1 Å². The van der Waals surface area contributed by atoms with E-state index in [2.05, 4.69) is 72.2 Å². The van der Waals surface area contributed by atoms with Crippen LogP contribution in [0.1, 0.15) is 5.56 Å². The molecule has 1 aliphatic heterocycles. The van der Waals surface area contributed by atoms with Crippen molar-refractivity contribution in [2.45, 2.75) is 0 Å². The second kappa shape index (κ2) is 7.33. The Kier molecular flexibility index (Phi) is 4.40. The maximum absolute atomic E-state index is 6.36. The summed E-state index contributed by atoms with van der Waals surface area (Å²) in [5.41, 5.74) is 14.0. The van der Waals surface area contributed by atoms with Gasteiger partial charge in [-0.3, -0.25) is 0 Å². The topological polar surface area (TPSA) is 61.3 Å². The number of rotatable bonds is 4. The van der Waals surface area contributed by atoms with Crippen LogP contribution in [0.3, 0.4) is 0 Å². The molecular weight excluding hydrogens is 430 g/mol. The molecule has 0 aliphatic carbocycles. The SMILES string of the molecule is COc1cc(-c2csc3c(-c4ccoc4)cnc(N)c23)ccc1[N+]1(C)C=Cc2ccccc21. The molecule has 0 bridgehead atoms. The van der Waals surface area contributed by atoms with E-state index in [1.54, 1.807) is 31.0 Å². The highest BCUT2D eigenvalue weighted by Gasteiger charge is 2.35. The van der Waals surface area contributed by atoms with Crippen molar-refractivity contribution < 1.29 is 9.15 Å². The highest BCUT2D eigenvalue weighted by molar-refractivity contribution is 7.18. The van der Waals surface area contributed by atoms with Crippen LogP contribution in [0.4, 0.5) is 17.2 Å². The molecule has 1 unspecified atom stereocenters. The third-order valence-electron chi connectivity index (χ3n) is 6.44. The van der Waals surface area contributed by atoms with Crippen molar-refractivity contribution in [2.75, 3.05) is 19.9 Å². The average Bonchev–Trinajstić information content (AvgIpc) is 3.59. The number of methoxy groups -OCH3 is 1. The van der Waals surface area contributed by atoms with Gasteiger partial charge in [-0.1, -0.05) is 12.1 Å². The summed E-state index contributed by atoms with van der Waals surface area (Å²) in [6.45, 7) is 0. The number of aromatic nitrogens is 1. The van der Waals surface area contributed by atoms with Crippen LogP contribution in [-0.2, 0) is 0 Å². The number of anilines is 1. The molecule has 6 heteroatoms. The van der Waals surface area contributed by atoms with Gasteiger partial charge >= 0.3 is 0 Å². The molecular formula is C27H22N3O2S+. The van der Waals surface area contributed by atoms with Crippen LogP contribution in [0.25, 0.3) is 38.4 Å². The quantitative estimate of drug-likeness (QED) is 0.296. The third kappa shape index (κ3) is 2.92. The largest absolute Gasteiger partial charge is 0.491 e. The van der Waals surface area contributed by atoms with Gasteiger partial charge in [-0.15, -0.1) is 11.3 Å². The highest BCUT2D eigenvalue weighted by atomic mass is 32.1. The molecule has 0 fully saturated rings. The van der Waals surface area contributed by atoms with Crippen molar-refractivity contribution in [2.24, 2.45) is 0 Å². The maximum Gasteiger partial charge on any atom is 0.184 e. The molecule has 1 aliphatic rings. The molecule has 0 radical (unpaired) electrons. The van der Waals surface area contributed by atoms with Crippen LogP contribution in [0.15, 0.2) is 83.3 Å². The Labute approximate surface area is 195 Å². The van der Waals surface area contributed by atoms with Crippen LogP contribution in [0.5, 0.6) is 5.75 Å². The van der Waals surface area contributed by atoms with Gasteiger partial charge in [0.15, 0.2) is 11.4 Å².